The van der Waals surface area contributed by atoms with Crippen molar-refractivity contribution >= 4 is 5.78 Å². The Balaban J connectivity index is 2.52. The number of carbonyl (C=O) groups excluding carboxylic acids is 1. The number of Topliss-reactive ketones (excluding diaryl/α,β-unsaturated/α-hetero) is 1. The molecular formula is C8H13N3O. The van der Waals surface area contributed by atoms with Crippen LogP contribution in [0.2, 0.25) is 0 Å². The molecule has 12 heavy (non-hydrogen) atoms. The van der Waals surface area contributed by atoms with Crippen LogP contribution in [0.4, 0.5) is 0 Å². The fourth-order valence-electron chi connectivity index (χ4n) is 0.993. The molecule has 0 unspecified atom stereocenters. The van der Waals surface area contributed by atoms with Crippen LogP contribution < -0.4 is 5.73 Å². The molecule has 4 heteroatoms. The van der Waals surface area contributed by atoms with Crippen molar-refractivity contribution in [3.63, 3.8) is 0 Å². The number of aryl methyl sites for hydroxylation is 1. The number of hydrogen-bond acceptors (Lipinski definition) is 3. The lowest BCUT2D eigenvalue weighted by Crippen LogP contribution is -2.12. The van der Waals surface area contributed by atoms with Gasteiger partial charge in [-0.25, -0.2) is 4.98 Å². The van der Waals surface area contributed by atoms with Crippen molar-refractivity contribution in [1.29, 1.82) is 0 Å². The Bertz CT molecular complexity index is 267. The Morgan fingerprint density at radius 1 is 1.75 bits per heavy atom. The van der Waals surface area contributed by atoms with Crippen LogP contribution in [0.1, 0.15) is 12.2 Å². The number of nitrogens with two attached hydrogens (primary N) is 1. The van der Waals surface area contributed by atoms with Crippen molar-refractivity contribution in [3.05, 3.63) is 18.2 Å². The highest BCUT2D eigenvalue weighted by Gasteiger charge is 2.05. The van der Waals surface area contributed by atoms with Gasteiger partial charge in [0.2, 0.25) is 0 Å². The van der Waals surface area contributed by atoms with Gasteiger partial charge in [0.1, 0.15) is 11.6 Å². The van der Waals surface area contributed by atoms with E-state index in [1.54, 1.807) is 6.20 Å². The summed E-state index contributed by atoms with van der Waals surface area (Å²) in [5.41, 5.74) is 5.25. The summed E-state index contributed by atoms with van der Waals surface area (Å²) < 4.78 is 1.84. The molecule has 0 saturated carbocycles. The number of rotatable bonds is 4. The molecule has 0 aliphatic carbocycles. The van der Waals surface area contributed by atoms with E-state index in [4.69, 9.17) is 5.73 Å². The van der Waals surface area contributed by atoms with Crippen LogP contribution in [0.5, 0.6) is 0 Å². The van der Waals surface area contributed by atoms with E-state index in [0.717, 1.165) is 5.82 Å². The Morgan fingerprint density at radius 2 is 2.50 bits per heavy atom. The zero-order chi connectivity index (χ0) is 8.97. The average Bonchev–Trinajstić information content (AvgIpc) is 2.37. The second-order valence-electron chi connectivity index (χ2n) is 2.71. The zero-order valence-corrected chi connectivity index (χ0v) is 7.16. The van der Waals surface area contributed by atoms with Gasteiger partial charge in [-0.3, -0.25) is 4.79 Å². The Kier molecular flexibility index (Phi) is 2.99. The second kappa shape index (κ2) is 4.01. The maximum absolute atomic E-state index is 11.1. The summed E-state index contributed by atoms with van der Waals surface area (Å²) >= 11 is 0. The van der Waals surface area contributed by atoms with Gasteiger partial charge in [-0.05, 0) is 6.54 Å². The quantitative estimate of drug-likeness (QED) is 0.680. The molecule has 0 atom stereocenters. The Morgan fingerprint density at radius 3 is 3.00 bits per heavy atom. The average molecular weight is 167 g/mol. The minimum atomic E-state index is 0.145. The molecule has 1 rings (SSSR count). The molecule has 4 nitrogen and oxygen atoms in total. The summed E-state index contributed by atoms with van der Waals surface area (Å²) in [4.78, 5) is 15.2. The molecule has 66 valence electrons. The standard InChI is InChI=1S/C8H13N3O/c1-11-5-4-10-8(11)6-7(12)2-3-9/h4-5H,2-3,6,9H2,1H3. The van der Waals surface area contributed by atoms with E-state index < -0.39 is 0 Å². The van der Waals surface area contributed by atoms with E-state index in [1.807, 2.05) is 17.8 Å². The third kappa shape index (κ3) is 2.17. The van der Waals surface area contributed by atoms with Gasteiger partial charge in [-0.1, -0.05) is 0 Å². The highest BCUT2D eigenvalue weighted by atomic mass is 16.1. The first-order chi connectivity index (χ1) is 5.74. The molecule has 0 aliphatic rings. The normalized spacial score (nSPS) is 10.2. The molecule has 0 fully saturated rings. The summed E-state index contributed by atoms with van der Waals surface area (Å²) in [6.45, 7) is 0.420. The molecule has 0 spiro atoms. The van der Waals surface area contributed by atoms with E-state index in [9.17, 15) is 4.79 Å². The largest absolute Gasteiger partial charge is 0.338 e. The smallest absolute Gasteiger partial charge is 0.141 e. The molecule has 0 amide bonds. The lowest BCUT2D eigenvalue weighted by molar-refractivity contribution is -0.118. The summed E-state index contributed by atoms with van der Waals surface area (Å²) in [5, 5.41) is 0. The zero-order valence-electron chi connectivity index (χ0n) is 7.16. The van der Waals surface area contributed by atoms with Gasteiger partial charge in [-0.15, -0.1) is 0 Å². The summed E-state index contributed by atoms with van der Waals surface area (Å²) in [6, 6.07) is 0. The number of imidazole rings is 1. The minimum absolute atomic E-state index is 0.145. The molecule has 0 aliphatic heterocycles. The topological polar surface area (TPSA) is 60.9 Å². The van der Waals surface area contributed by atoms with Gasteiger partial charge >= 0.3 is 0 Å². The van der Waals surface area contributed by atoms with Crippen LogP contribution in [0.3, 0.4) is 0 Å². The van der Waals surface area contributed by atoms with Gasteiger partial charge in [0.25, 0.3) is 0 Å². The molecular weight excluding hydrogens is 154 g/mol. The molecule has 1 aromatic heterocycles. The van der Waals surface area contributed by atoms with Gasteiger partial charge < -0.3 is 10.3 Å². The number of ketones is 1. The molecule has 0 radical (unpaired) electrons. The van der Waals surface area contributed by atoms with Gasteiger partial charge in [-0.2, -0.15) is 0 Å². The van der Waals surface area contributed by atoms with Gasteiger partial charge in [0.05, 0.1) is 6.42 Å². The first-order valence-electron chi connectivity index (χ1n) is 3.92. The van der Waals surface area contributed by atoms with Gasteiger partial charge in [0, 0.05) is 25.9 Å². The van der Waals surface area contributed by atoms with Crippen LogP contribution in [0.15, 0.2) is 12.4 Å². The third-order valence-corrected chi connectivity index (χ3v) is 1.70. The first-order valence-corrected chi connectivity index (χ1v) is 3.92. The second-order valence-corrected chi connectivity index (χ2v) is 2.71. The van der Waals surface area contributed by atoms with Crippen molar-refractivity contribution in [3.8, 4) is 0 Å². The van der Waals surface area contributed by atoms with Crippen LogP contribution in [-0.4, -0.2) is 21.9 Å². The van der Waals surface area contributed by atoms with Gasteiger partial charge in [0.15, 0.2) is 0 Å². The van der Waals surface area contributed by atoms with Crippen molar-refractivity contribution in [2.75, 3.05) is 6.54 Å². The fraction of sp³-hybridized carbons (Fsp3) is 0.500. The molecule has 1 aromatic rings. The first kappa shape index (κ1) is 8.93. The molecule has 0 bridgehead atoms. The van der Waals surface area contributed by atoms with Crippen molar-refractivity contribution in [2.24, 2.45) is 12.8 Å². The number of aromatic nitrogens is 2. The number of hydrogen-bond donors (Lipinski definition) is 1. The van der Waals surface area contributed by atoms with E-state index in [2.05, 4.69) is 4.98 Å². The highest BCUT2D eigenvalue weighted by Crippen LogP contribution is 1.97. The molecule has 0 aromatic carbocycles. The third-order valence-electron chi connectivity index (χ3n) is 1.70. The summed E-state index contributed by atoms with van der Waals surface area (Å²) in [7, 11) is 1.87. The van der Waals surface area contributed by atoms with Crippen LogP contribution in [0, 0.1) is 0 Å². The number of carbonyl (C=O) groups is 1. The van der Waals surface area contributed by atoms with E-state index in [-0.39, 0.29) is 5.78 Å². The number of nitrogens with zero attached hydrogens (tertiary/aromatic N) is 2. The molecule has 2 N–H and O–H groups in total. The lowest BCUT2D eigenvalue weighted by atomic mass is 10.2. The maximum Gasteiger partial charge on any atom is 0.141 e. The molecule has 0 saturated heterocycles. The van der Waals surface area contributed by atoms with Crippen LogP contribution in [0.25, 0.3) is 0 Å². The predicted molar refractivity (Wildman–Crippen MR) is 45.6 cm³/mol. The Hall–Kier alpha value is -1.16. The molecule has 1 heterocycles. The minimum Gasteiger partial charge on any atom is -0.338 e. The van der Waals surface area contributed by atoms with Crippen LogP contribution >= 0.6 is 0 Å². The monoisotopic (exact) mass is 167 g/mol. The van der Waals surface area contributed by atoms with E-state index in [1.165, 1.54) is 0 Å². The highest BCUT2D eigenvalue weighted by molar-refractivity contribution is 5.80. The Labute approximate surface area is 71.4 Å². The lowest BCUT2D eigenvalue weighted by Gasteiger charge is -1.99. The van der Waals surface area contributed by atoms with E-state index in [0.29, 0.717) is 19.4 Å². The van der Waals surface area contributed by atoms with Crippen molar-refractivity contribution in [1.82, 2.24) is 9.55 Å². The summed E-state index contributed by atoms with van der Waals surface area (Å²) in [5.74, 6) is 0.945. The van der Waals surface area contributed by atoms with Crippen molar-refractivity contribution < 1.29 is 4.79 Å². The SMILES string of the molecule is Cn1ccnc1CC(=O)CCN. The van der Waals surface area contributed by atoms with E-state index >= 15 is 0 Å². The fourth-order valence-corrected chi connectivity index (χ4v) is 0.993. The van der Waals surface area contributed by atoms with Crippen LogP contribution in [-0.2, 0) is 18.3 Å². The summed E-state index contributed by atoms with van der Waals surface area (Å²) in [6.07, 6.45) is 4.34. The predicted octanol–water partition coefficient (Wildman–Crippen LogP) is -0.120. The maximum atomic E-state index is 11.1. The van der Waals surface area contributed by atoms with Crippen molar-refractivity contribution in [2.45, 2.75) is 12.8 Å².